The van der Waals surface area contributed by atoms with E-state index in [1.807, 2.05) is 0 Å². The fourth-order valence-electron chi connectivity index (χ4n) is 6.74. The van der Waals surface area contributed by atoms with Gasteiger partial charge >= 0.3 is 11.8 Å². The van der Waals surface area contributed by atoms with Gasteiger partial charge in [-0.3, -0.25) is 0 Å². The maximum atomic E-state index is 17.3. The van der Waals surface area contributed by atoms with Crippen LogP contribution in [0.3, 0.4) is 0 Å². The maximum Gasteiger partial charge on any atom is 0.345 e. The summed E-state index contributed by atoms with van der Waals surface area (Å²) in [6.45, 7) is -3.28. The number of allylic oxidation sites excluding steroid dienone is 3. The van der Waals surface area contributed by atoms with Gasteiger partial charge in [-0.15, -0.1) is 0 Å². The Balaban J connectivity index is 0.00000448. The van der Waals surface area contributed by atoms with E-state index >= 15 is 22.0 Å². The first-order valence-corrected chi connectivity index (χ1v) is 19.8. The molecule has 0 atom stereocenters. The van der Waals surface area contributed by atoms with E-state index < -0.39 is 43.0 Å². The molecule has 0 spiro atoms. The number of hydrogen-bond donors (Lipinski definition) is 0. The predicted molar refractivity (Wildman–Crippen MR) is 202 cm³/mol. The third-order valence-electron chi connectivity index (χ3n) is 9.17. The lowest BCUT2D eigenvalue weighted by Gasteiger charge is -2.30. The van der Waals surface area contributed by atoms with Crippen molar-refractivity contribution in [1.82, 2.24) is 0 Å². The molecule has 256 valence electrons. The normalized spacial score (nSPS) is 16.1. The Bertz CT molecular complexity index is 2010. The molecule has 1 aliphatic carbocycles. The quantitative estimate of drug-likeness (QED) is 0.128. The highest BCUT2D eigenvalue weighted by molar-refractivity contribution is 7.98. The fraction of sp³-hybridized carbons (Fsp3) is 0.0465. The van der Waals surface area contributed by atoms with Gasteiger partial charge in [0, 0.05) is 0 Å². The van der Waals surface area contributed by atoms with Gasteiger partial charge in [-0.25, -0.2) is 4.39 Å². The molecule has 0 N–H and O–H groups in total. The van der Waals surface area contributed by atoms with Crippen molar-refractivity contribution in [3.05, 3.63) is 205 Å². The lowest BCUT2D eigenvalue weighted by Crippen LogP contribution is -3.00. The van der Waals surface area contributed by atoms with Gasteiger partial charge in [-0.1, -0.05) is 146 Å². The molecule has 6 aromatic carbocycles. The molecule has 0 fully saturated rings. The van der Waals surface area contributed by atoms with E-state index in [4.69, 9.17) is 0 Å². The Labute approximate surface area is 306 Å². The molecule has 1 aliphatic rings. The molecule has 0 bridgehead atoms. The minimum absolute atomic E-state index is 0. The Morgan fingerprint density at radius 2 is 0.725 bits per heavy atom. The van der Waals surface area contributed by atoms with E-state index in [2.05, 4.69) is 0 Å². The van der Waals surface area contributed by atoms with Crippen LogP contribution in [0.4, 0.5) is 22.0 Å². The second-order valence-electron chi connectivity index (χ2n) is 12.0. The van der Waals surface area contributed by atoms with Crippen molar-refractivity contribution in [2.24, 2.45) is 0 Å². The number of alkyl halides is 4. The summed E-state index contributed by atoms with van der Waals surface area (Å²) in [6.07, 6.45) is 0. The number of benzene rings is 6. The summed E-state index contributed by atoms with van der Waals surface area (Å²) in [5.41, 5.74) is -2.60. The molecule has 7 rings (SSSR count). The Kier molecular flexibility index (Phi) is 10.5. The molecule has 0 heterocycles. The second kappa shape index (κ2) is 14.7. The van der Waals surface area contributed by atoms with Gasteiger partial charge in [0.15, 0.2) is 0 Å². The molecule has 0 saturated heterocycles. The lowest BCUT2D eigenvalue weighted by molar-refractivity contribution is -0.147. The van der Waals surface area contributed by atoms with Gasteiger partial charge in [0.05, 0.1) is 17.0 Å². The molecule has 8 heteroatoms. The summed E-state index contributed by atoms with van der Waals surface area (Å²) in [5.74, 6) is -9.05. The third-order valence-corrected chi connectivity index (χ3v) is 17.1. The van der Waals surface area contributed by atoms with E-state index in [0.717, 1.165) is 11.6 Å². The highest BCUT2D eigenvalue weighted by atomic mass is 79.9. The molecule has 51 heavy (non-hydrogen) atoms. The maximum absolute atomic E-state index is 17.3. The predicted octanol–water partition coefficient (Wildman–Crippen LogP) is 6.17. The number of halogens is 6. The first-order chi connectivity index (χ1) is 24.2. The SMILES string of the molecule is FC1=C(C=P(c2ccccc2)(c2ccccc2)c2ccccc2)C(F)(F)C(F)(F)/C1=C/[P+](c1ccccc1)(c1ccccc1)c1ccccc1.[Br-]. The highest BCUT2D eigenvalue weighted by Gasteiger charge is 2.69. The zero-order valence-electron chi connectivity index (χ0n) is 27.1. The van der Waals surface area contributed by atoms with Crippen molar-refractivity contribution in [3.63, 3.8) is 0 Å². The molecule has 0 radical (unpaired) electrons. The smallest absolute Gasteiger partial charge is 0.345 e. The Morgan fingerprint density at radius 3 is 1.04 bits per heavy atom. The summed E-state index contributed by atoms with van der Waals surface area (Å²) in [7, 11) is -3.28. The average molecular weight is 786 g/mol. The first kappa shape index (κ1) is 36.5. The van der Waals surface area contributed by atoms with E-state index in [9.17, 15) is 0 Å². The molecule has 0 unspecified atom stereocenters. The topological polar surface area (TPSA) is 0 Å². The van der Waals surface area contributed by atoms with Crippen LogP contribution in [-0.4, -0.2) is 17.6 Å². The van der Waals surface area contributed by atoms with Crippen LogP contribution in [-0.2, 0) is 0 Å². The third kappa shape index (κ3) is 6.18. The number of hydrogen-bond acceptors (Lipinski definition) is 0. The molecule has 6 aromatic rings. The van der Waals surface area contributed by atoms with Crippen LogP contribution in [0.5, 0.6) is 0 Å². The highest BCUT2D eigenvalue weighted by Crippen LogP contribution is 2.64. The van der Waals surface area contributed by atoms with Gasteiger partial charge in [-0.2, -0.15) is 17.6 Å². The Morgan fingerprint density at radius 1 is 0.431 bits per heavy atom. The largest absolute Gasteiger partial charge is 1.00 e. The molecule has 0 amide bonds. The summed E-state index contributed by atoms with van der Waals surface area (Å²) < 4.78 is 83.9. The van der Waals surface area contributed by atoms with Gasteiger partial charge in [0.1, 0.15) is 29.0 Å². The van der Waals surface area contributed by atoms with Gasteiger partial charge in [0.25, 0.3) is 0 Å². The molecular weight excluding hydrogens is 753 g/mol. The minimum Gasteiger partial charge on any atom is -1.00 e. The summed E-state index contributed by atoms with van der Waals surface area (Å²) in [4.78, 5) is 0. The van der Waals surface area contributed by atoms with Gasteiger partial charge < -0.3 is 17.0 Å². The fourth-order valence-corrected chi connectivity index (χ4v) is 14.6. The monoisotopic (exact) mass is 784 g/mol. The van der Waals surface area contributed by atoms with Crippen molar-refractivity contribution < 1.29 is 38.9 Å². The zero-order chi connectivity index (χ0) is 34.8. The van der Waals surface area contributed by atoms with Crippen LogP contribution >= 0.6 is 14.1 Å². The molecule has 0 aliphatic heterocycles. The molecule has 0 saturated carbocycles. The van der Waals surface area contributed by atoms with Crippen molar-refractivity contribution in [2.45, 2.75) is 11.8 Å². The van der Waals surface area contributed by atoms with E-state index in [0.29, 0.717) is 31.8 Å². The van der Waals surface area contributed by atoms with Crippen molar-refractivity contribution in [1.29, 1.82) is 0 Å². The summed E-state index contributed by atoms with van der Waals surface area (Å²) in [6, 6.07) is 53.6. The van der Waals surface area contributed by atoms with Crippen LogP contribution in [0.2, 0.25) is 0 Å². The van der Waals surface area contributed by atoms with Gasteiger partial charge in [-0.05, 0) is 65.0 Å². The number of rotatable bonds is 8. The van der Waals surface area contributed by atoms with Crippen LogP contribution in [0.25, 0.3) is 0 Å². The molecular formula is C43H32BrF5P2. The van der Waals surface area contributed by atoms with Crippen LogP contribution < -0.4 is 48.8 Å². The van der Waals surface area contributed by atoms with Crippen LogP contribution in [0.15, 0.2) is 205 Å². The average Bonchev–Trinajstić information content (AvgIpc) is 3.29. The molecule has 0 aromatic heterocycles. The molecule has 0 nitrogen and oxygen atoms in total. The van der Waals surface area contributed by atoms with Crippen LogP contribution in [0, 0.1) is 0 Å². The van der Waals surface area contributed by atoms with E-state index in [1.54, 1.807) is 182 Å². The van der Waals surface area contributed by atoms with Crippen molar-refractivity contribution in [3.8, 4) is 0 Å². The Hall–Kier alpha value is -4.34. The van der Waals surface area contributed by atoms with Crippen LogP contribution in [0.1, 0.15) is 0 Å². The van der Waals surface area contributed by atoms with E-state index in [1.165, 1.54) is 0 Å². The minimum atomic E-state index is -4.85. The first-order valence-electron chi connectivity index (χ1n) is 16.1. The zero-order valence-corrected chi connectivity index (χ0v) is 30.5. The summed E-state index contributed by atoms with van der Waals surface area (Å²) in [5, 5.41) is 3.80. The second-order valence-corrected chi connectivity index (χ2v) is 18.5. The standard InChI is InChI=1S/C43H32F5P2.BrH/c44-41-39(31-49(33-19-7-1-8-20-33,34-21-9-2-10-22-34)35-23-11-3-12-24-35)42(45,46)43(47,48)40(41)32-50(36-25-13-4-14-26-36,37-27-15-5-16-28-37)38-29-17-6-18-30-38;/h1-32H;1H/q+1;/p-1/b39-31+;. The van der Waals surface area contributed by atoms with Crippen molar-refractivity contribution in [2.75, 3.05) is 0 Å². The van der Waals surface area contributed by atoms with Crippen molar-refractivity contribution >= 4 is 51.8 Å². The summed E-state index contributed by atoms with van der Waals surface area (Å²) >= 11 is 0. The lowest BCUT2D eigenvalue weighted by atomic mass is 10.1. The van der Waals surface area contributed by atoms with Gasteiger partial charge in [0.2, 0.25) is 0 Å². The van der Waals surface area contributed by atoms with E-state index in [-0.39, 0.29) is 17.0 Å².